The van der Waals surface area contributed by atoms with Crippen molar-refractivity contribution in [2.24, 2.45) is 0 Å². The fraction of sp³-hybridized carbons (Fsp3) is 0.769. The number of rotatable bonds is 3. The summed E-state index contributed by atoms with van der Waals surface area (Å²) in [6.45, 7) is 5.85. The molecular formula is C13H21N3O4. The highest BCUT2D eigenvalue weighted by atomic mass is 16.3. The van der Waals surface area contributed by atoms with Crippen molar-refractivity contribution in [3.8, 4) is 0 Å². The van der Waals surface area contributed by atoms with Crippen LogP contribution in [0.5, 0.6) is 0 Å². The average molecular weight is 283 g/mol. The van der Waals surface area contributed by atoms with E-state index in [0.717, 1.165) is 4.90 Å². The van der Waals surface area contributed by atoms with E-state index in [2.05, 4.69) is 5.32 Å². The zero-order valence-electron chi connectivity index (χ0n) is 12.1. The van der Waals surface area contributed by atoms with Crippen LogP contribution in [-0.4, -0.2) is 63.5 Å². The predicted octanol–water partition coefficient (Wildman–Crippen LogP) is -0.310. The topological polar surface area (TPSA) is 89.9 Å². The van der Waals surface area contributed by atoms with E-state index in [4.69, 9.17) is 0 Å². The van der Waals surface area contributed by atoms with E-state index in [0.29, 0.717) is 19.5 Å². The number of likely N-dealkylation sites (tertiary alicyclic amines) is 1. The molecule has 2 fully saturated rings. The third-order valence-corrected chi connectivity index (χ3v) is 3.80. The van der Waals surface area contributed by atoms with E-state index >= 15 is 0 Å². The Balaban J connectivity index is 1.89. The molecule has 7 nitrogen and oxygen atoms in total. The van der Waals surface area contributed by atoms with Gasteiger partial charge < -0.3 is 15.3 Å². The normalized spacial score (nSPS) is 29.0. The lowest BCUT2D eigenvalue weighted by Crippen LogP contribution is -2.41. The molecule has 1 atom stereocenters. The molecule has 2 aliphatic rings. The number of β-amino-alcohol motifs (C(OH)–C–C–N with tert-alkyl or cyclic N) is 1. The van der Waals surface area contributed by atoms with Gasteiger partial charge in [-0.15, -0.1) is 0 Å². The van der Waals surface area contributed by atoms with Crippen molar-refractivity contribution in [1.82, 2.24) is 15.1 Å². The summed E-state index contributed by atoms with van der Waals surface area (Å²) in [6.07, 6.45) is 0.639. The molecule has 0 radical (unpaired) electrons. The number of amides is 4. The quantitative estimate of drug-likeness (QED) is 0.695. The van der Waals surface area contributed by atoms with Gasteiger partial charge in [-0.05, 0) is 27.2 Å². The first-order valence-electron chi connectivity index (χ1n) is 6.77. The molecule has 2 rings (SSSR count). The summed E-state index contributed by atoms with van der Waals surface area (Å²) in [4.78, 5) is 38.3. The highest BCUT2D eigenvalue weighted by Crippen LogP contribution is 2.21. The molecular weight excluding hydrogens is 262 g/mol. The van der Waals surface area contributed by atoms with Crippen molar-refractivity contribution in [3.05, 3.63) is 0 Å². The summed E-state index contributed by atoms with van der Waals surface area (Å²) in [7, 11) is 0. The van der Waals surface area contributed by atoms with Crippen LogP contribution in [0.2, 0.25) is 0 Å². The number of nitrogens with zero attached hydrogens (tertiary/aromatic N) is 2. The Morgan fingerprint density at radius 2 is 2.00 bits per heavy atom. The average Bonchev–Trinajstić information content (AvgIpc) is 2.76. The maximum Gasteiger partial charge on any atom is 0.325 e. The molecule has 2 heterocycles. The molecule has 20 heavy (non-hydrogen) atoms. The summed E-state index contributed by atoms with van der Waals surface area (Å²) < 4.78 is 0. The zero-order chi connectivity index (χ0) is 15.1. The van der Waals surface area contributed by atoms with Crippen LogP contribution in [0.15, 0.2) is 0 Å². The first kappa shape index (κ1) is 14.8. The summed E-state index contributed by atoms with van der Waals surface area (Å²) >= 11 is 0. The van der Waals surface area contributed by atoms with E-state index in [-0.39, 0.29) is 24.8 Å². The second kappa shape index (κ2) is 4.73. The zero-order valence-corrected chi connectivity index (χ0v) is 12.1. The number of nitrogens with one attached hydrogen (secondary N) is 1. The summed E-state index contributed by atoms with van der Waals surface area (Å²) in [5.41, 5.74) is -1.74. The van der Waals surface area contributed by atoms with Gasteiger partial charge in [0, 0.05) is 26.1 Å². The van der Waals surface area contributed by atoms with Gasteiger partial charge in [0.15, 0.2) is 0 Å². The number of urea groups is 1. The van der Waals surface area contributed by atoms with E-state index in [1.807, 2.05) is 0 Å². The fourth-order valence-electron chi connectivity index (χ4n) is 2.54. The van der Waals surface area contributed by atoms with Gasteiger partial charge in [0.2, 0.25) is 5.91 Å². The molecule has 1 unspecified atom stereocenters. The van der Waals surface area contributed by atoms with Gasteiger partial charge in [-0.2, -0.15) is 0 Å². The van der Waals surface area contributed by atoms with Crippen LogP contribution in [0.3, 0.4) is 0 Å². The van der Waals surface area contributed by atoms with Gasteiger partial charge in [-0.25, -0.2) is 4.79 Å². The molecule has 2 N–H and O–H groups in total. The van der Waals surface area contributed by atoms with Crippen LogP contribution in [-0.2, 0) is 9.59 Å². The molecule has 0 aromatic heterocycles. The molecule has 0 aromatic carbocycles. The Morgan fingerprint density at radius 3 is 2.45 bits per heavy atom. The van der Waals surface area contributed by atoms with Gasteiger partial charge in [-0.1, -0.05) is 0 Å². The van der Waals surface area contributed by atoms with Crippen LogP contribution in [0.25, 0.3) is 0 Å². The van der Waals surface area contributed by atoms with Crippen LogP contribution in [0, 0.1) is 0 Å². The van der Waals surface area contributed by atoms with E-state index < -0.39 is 17.2 Å². The third-order valence-electron chi connectivity index (χ3n) is 3.80. The molecule has 112 valence electrons. The number of imide groups is 1. The monoisotopic (exact) mass is 283 g/mol. The molecule has 0 spiro atoms. The standard InChI is InChI=1S/C13H21N3O4/c1-12(2)10(18)16(11(19)14-12)6-4-9(17)15-7-5-13(3,20)8-15/h20H,4-8H2,1-3H3,(H,14,19). The molecule has 2 aliphatic heterocycles. The minimum Gasteiger partial charge on any atom is -0.388 e. The minimum absolute atomic E-state index is 0.0750. The summed E-state index contributed by atoms with van der Waals surface area (Å²) in [5, 5.41) is 12.4. The van der Waals surface area contributed by atoms with Crippen LogP contribution < -0.4 is 5.32 Å². The highest BCUT2D eigenvalue weighted by Gasteiger charge is 2.44. The Hall–Kier alpha value is -1.63. The third kappa shape index (κ3) is 2.77. The largest absolute Gasteiger partial charge is 0.388 e. The van der Waals surface area contributed by atoms with Crippen molar-refractivity contribution >= 4 is 17.8 Å². The maximum atomic E-state index is 12.0. The SMILES string of the molecule is CC1(O)CCN(C(=O)CCN2C(=O)NC(C)(C)C2=O)C1. The van der Waals surface area contributed by atoms with Crippen molar-refractivity contribution in [3.63, 3.8) is 0 Å². The lowest BCUT2D eigenvalue weighted by atomic mass is 10.1. The van der Waals surface area contributed by atoms with Crippen LogP contribution >= 0.6 is 0 Å². The smallest absolute Gasteiger partial charge is 0.325 e. The van der Waals surface area contributed by atoms with Crippen molar-refractivity contribution in [1.29, 1.82) is 0 Å². The van der Waals surface area contributed by atoms with Crippen LogP contribution in [0.4, 0.5) is 4.79 Å². The lowest BCUT2D eigenvalue weighted by molar-refractivity contribution is -0.133. The molecule has 0 aromatic rings. The second-order valence-electron chi connectivity index (χ2n) is 6.32. The number of hydrogen-bond acceptors (Lipinski definition) is 4. The molecule has 0 aliphatic carbocycles. The fourth-order valence-corrected chi connectivity index (χ4v) is 2.54. The maximum absolute atomic E-state index is 12.0. The lowest BCUT2D eigenvalue weighted by Gasteiger charge is -2.20. The number of carbonyl (C=O) groups excluding carboxylic acids is 3. The van der Waals surface area contributed by atoms with Gasteiger partial charge in [-0.3, -0.25) is 14.5 Å². The van der Waals surface area contributed by atoms with Crippen LogP contribution in [0.1, 0.15) is 33.6 Å². The Morgan fingerprint density at radius 1 is 1.35 bits per heavy atom. The molecule has 0 bridgehead atoms. The second-order valence-corrected chi connectivity index (χ2v) is 6.32. The molecule has 4 amide bonds. The number of aliphatic hydroxyl groups is 1. The first-order valence-corrected chi connectivity index (χ1v) is 6.77. The van der Waals surface area contributed by atoms with Gasteiger partial charge in [0.25, 0.3) is 5.91 Å². The molecule has 2 saturated heterocycles. The molecule has 0 saturated carbocycles. The molecule has 7 heteroatoms. The van der Waals surface area contributed by atoms with Gasteiger partial charge >= 0.3 is 6.03 Å². The summed E-state index contributed by atoms with van der Waals surface area (Å²) in [6, 6.07) is -0.457. The van der Waals surface area contributed by atoms with Gasteiger partial charge in [0.1, 0.15) is 5.54 Å². The summed E-state index contributed by atoms with van der Waals surface area (Å²) in [5.74, 6) is -0.461. The Kier molecular flexibility index (Phi) is 3.49. The van der Waals surface area contributed by atoms with E-state index in [9.17, 15) is 19.5 Å². The number of hydrogen-bond donors (Lipinski definition) is 2. The predicted molar refractivity (Wildman–Crippen MR) is 70.8 cm³/mol. The minimum atomic E-state index is -0.905. The van der Waals surface area contributed by atoms with E-state index in [1.165, 1.54) is 0 Å². The number of carbonyl (C=O) groups is 3. The Labute approximate surface area is 117 Å². The van der Waals surface area contributed by atoms with E-state index in [1.54, 1.807) is 25.7 Å². The Bertz CT molecular complexity index is 459. The van der Waals surface area contributed by atoms with Crippen molar-refractivity contribution < 1.29 is 19.5 Å². The van der Waals surface area contributed by atoms with Crippen molar-refractivity contribution in [2.45, 2.75) is 44.8 Å². The van der Waals surface area contributed by atoms with Crippen molar-refractivity contribution in [2.75, 3.05) is 19.6 Å². The highest BCUT2D eigenvalue weighted by molar-refractivity contribution is 6.06. The first-order chi connectivity index (χ1) is 9.12. The van der Waals surface area contributed by atoms with Gasteiger partial charge in [0.05, 0.1) is 5.60 Å².